The first-order valence-corrected chi connectivity index (χ1v) is 11.3. The van der Waals surface area contributed by atoms with Crippen LogP contribution < -0.4 is 14.4 Å². The van der Waals surface area contributed by atoms with Crippen LogP contribution in [0.15, 0.2) is 53.7 Å². The third kappa shape index (κ3) is 4.21. The number of hydrogen-bond acceptors (Lipinski definition) is 7. The number of anilines is 1. The average Bonchev–Trinajstić information content (AvgIpc) is 3.33. The van der Waals surface area contributed by atoms with Gasteiger partial charge in [-0.15, -0.1) is 0 Å². The van der Waals surface area contributed by atoms with Crippen molar-refractivity contribution in [3.8, 4) is 17.3 Å². The summed E-state index contributed by atoms with van der Waals surface area (Å²) in [6.45, 7) is 3.65. The van der Waals surface area contributed by atoms with Crippen LogP contribution in [0.3, 0.4) is 0 Å². The van der Waals surface area contributed by atoms with Crippen molar-refractivity contribution in [3.63, 3.8) is 0 Å². The molecule has 1 aliphatic rings. The number of nitrogens with zero attached hydrogens (tertiary/aromatic N) is 5. The first kappa shape index (κ1) is 21.1. The molecule has 0 atom stereocenters. The van der Waals surface area contributed by atoms with Crippen LogP contribution in [0.2, 0.25) is 0 Å². The Bertz CT molecular complexity index is 1160. The molecule has 2 aromatic heterocycles. The van der Waals surface area contributed by atoms with Gasteiger partial charge in [0.2, 0.25) is 10.0 Å². The fourth-order valence-corrected chi connectivity index (χ4v) is 5.04. The van der Waals surface area contributed by atoms with Gasteiger partial charge in [0.25, 0.3) is 0 Å². The second-order valence-electron chi connectivity index (χ2n) is 7.13. The molecule has 164 valence electrons. The summed E-state index contributed by atoms with van der Waals surface area (Å²) in [7, 11) is -0.642. The number of aromatic nitrogens is 3. The summed E-state index contributed by atoms with van der Waals surface area (Å²) in [6.07, 6.45) is 3.86. The molecule has 0 unspecified atom stereocenters. The maximum absolute atomic E-state index is 13.1. The van der Waals surface area contributed by atoms with E-state index in [0.717, 1.165) is 11.6 Å². The van der Waals surface area contributed by atoms with Crippen LogP contribution in [-0.4, -0.2) is 67.7 Å². The molecule has 0 aliphatic carbocycles. The Kier molecular flexibility index (Phi) is 5.84. The second kappa shape index (κ2) is 8.56. The van der Waals surface area contributed by atoms with Crippen LogP contribution >= 0.6 is 0 Å². The van der Waals surface area contributed by atoms with Crippen molar-refractivity contribution < 1.29 is 17.9 Å². The molecule has 0 bridgehead atoms. The molecule has 31 heavy (non-hydrogen) atoms. The molecule has 0 saturated carbocycles. The number of sulfonamides is 1. The lowest BCUT2D eigenvalue weighted by Gasteiger charge is -2.34. The third-order valence-corrected chi connectivity index (χ3v) is 7.13. The number of hydrogen-bond donors (Lipinski definition) is 0. The predicted molar refractivity (Wildman–Crippen MR) is 117 cm³/mol. The third-order valence-electron chi connectivity index (χ3n) is 5.24. The predicted octanol–water partition coefficient (Wildman–Crippen LogP) is 2.10. The van der Waals surface area contributed by atoms with E-state index in [1.54, 1.807) is 12.1 Å². The van der Waals surface area contributed by atoms with E-state index < -0.39 is 10.0 Å². The fraction of sp³-hybridized carbons (Fsp3) is 0.333. The molecule has 0 spiro atoms. The molecule has 9 nitrogen and oxygen atoms in total. The molecule has 0 radical (unpaired) electrons. The van der Waals surface area contributed by atoms with Crippen molar-refractivity contribution in [2.75, 3.05) is 45.3 Å². The van der Waals surface area contributed by atoms with Gasteiger partial charge < -0.3 is 18.9 Å². The summed E-state index contributed by atoms with van der Waals surface area (Å²) in [5.74, 6) is 3.12. The highest BCUT2D eigenvalue weighted by molar-refractivity contribution is 7.89. The zero-order valence-corrected chi connectivity index (χ0v) is 18.5. The highest BCUT2D eigenvalue weighted by Crippen LogP contribution is 2.31. The van der Waals surface area contributed by atoms with Gasteiger partial charge in [0.1, 0.15) is 17.5 Å². The lowest BCUT2D eigenvalue weighted by Crippen LogP contribution is -2.49. The van der Waals surface area contributed by atoms with E-state index in [9.17, 15) is 8.42 Å². The molecule has 4 rings (SSSR count). The number of rotatable bonds is 6. The standard InChI is InChI=1S/C21H25N5O4S/c1-16-22-20(24-8-4-5-9-24)15-21(23-16)25-10-12-26(13-11-25)31(27,28)17-6-7-18(29-2)19(14-17)30-3/h4-9,14-15H,10-13H2,1-3H3. The van der Waals surface area contributed by atoms with E-state index in [4.69, 9.17) is 9.47 Å². The van der Waals surface area contributed by atoms with Gasteiger partial charge in [-0.1, -0.05) is 0 Å². The number of methoxy groups -OCH3 is 2. The minimum Gasteiger partial charge on any atom is -0.493 e. The van der Waals surface area contributed by atoms with Gasteiger partial charge in [-0.2, -0.15) is 4.31 Å². The lowest BCUT2D eigenvalue weighted by molar-refractivity contribution is 0.353. The van der Waals surface area contributed by atoms with Gasteiger partial charge in [-0.3, -0.25) is 0 Å². The van der Waals surface area contributed by atoms with E-state index in [-0.39, 0.29) is 4.90 Å². The van der Waals surface area contributed by atoms with Crippen LogP contribution in [-0.2, 0) is 10.0 Å². The summed E-state index contributed by atoms with van der Waals surface area (Å²) in [6, 6.07) is 10.4. The molecule has 0 amide bonds. The van der Waals surface area contributed by atoms with Crippen LogP contribution in [0.4, 0.5) is 5.82 Å². The zero-order chi connectivity index (χ0) is 22.0. The minimum absolute atomic E-state index is 0.186. The Morgan fingerprint density at radius 2 is 1.52 bits per heavy atom. The molecule has 1 fully saturated rings. The molecular weight excluding hydrogens is 418 g/mol. The summed E-state index contributed by atoms with van der Waals surface area (Å²) in [5.41, 5.74) is 0. The molecule has 10 heteroatoms. The van der Waals surface area contributed by atoms with Crippen molar-refractivity contribution in [3.05, 3.63) is 54.6 Å². The number of ether oxygens (including phenoxy) is 2. The first-order chi connectivity index (χ1) is 14.9. The van der Waals surface area contributed by atoms with Crippen LogP contribution in [0, 0.1) is 6.92 Å². The molecule has 1 saturated heterocycles. The Balaban J connectivity index is 1.51. The second-order valence-corrected chi connectivity index (χ2v) is 9.07. The fourth-order valence-electron chi connectivity index (χ4n) is 3.60. The van der Waals surface area contributed by atoms with Crippen molar-refractivity contribution in [2.45, 2.75) is 11.8 Å². The Morgan fingerprint density at radius 3 is 2.16 bits per heavy atom. The van der Waals surface area contributed by atoms with Gasteiger partial charge in [-0.25, -0.2) is 18.4 Å². The normalized spacial score (nSPS) is 15.1. The van der Waals surface area contributed by atoms with Crippen molar-refractivity contribution >= 4 is 15.8 Å². The SMILES string of the molecule is COc1ccc(S(=O)(=O)N2CCN(c3cc(-n4cccc4)nc(C)n3)CC2)cc1OC. The lowest BCUT2D eigenvalue weighted by atomic mass is 10.3. The van der Waals surface area contributed by atoms with E-state index in [0.29, 0.717) is 43.5 Å². The summed E-state index contributed by atoms with van der Waals surface area (Å²) < 4.78 is 40.2. The maximum atomic E-state index is 13.1. The monoisotopic (exact) mass is 443 g/mol. The summed E-state index contributed by atoms with van der Waals surface area (Å²) in [4.78, 5) is 11.3. The smallest absolute Gasteiger partial charge is 0.243 e. The van der Waals surface area contributed by atoms with Gasteiger partial charge in [0.15, 0.2) is 11.5 Å². The molecular formula is C21H25N5O4S. The van der Waals surface area contributed by atoms with Crippen molar-refractivity contribution in [2.24, 2.45) is 0 Å². The largest absolute Gasteiger partial charge is 0.493 e. The topological polar surface area (TPSA) is 89.8 Å². The summed E-state index contributed by atoms with van der Waals surface area (Å²) >= 11 is 0. The average molecular weight is 444 g/mol. The molecule has 0 N–H and O–H groups in total. The van der Waals surface area contributed by atoms with E-state index >= 15 is 0 Å². The minimum atomic E-state index is -3.64. The van der Waals surface area contributed by atoms with E-state index in [2.05, 4.69) is 14.9 Å². The summed E-state index contributed by atoms with van der Waals surface area (Å²) in [5, 5.41) is 0. The first-order valence-electron chi connectivity index (χ1n) is 9.88. The zero-order valence-electron chi connectivity index (χ0n) is 17.7. The quantitative estimate of drug-likeness (QED) is 0.576. The van der Waals surface area contributed by atoms with E-state index in [1.165, 1.54) is 24.6 Å². The number of benzene rings is 1. The van der Waals surface area contributed by atoms with E-state index in [1.807, 2.05) is 42.1 Å². The van der Waals surface area contributed by atoms with Crippen LogP contribution in [0.1, 0.15) is 5.82 Å². The molecule has 1 aliphatic heterocycles. The highest BCUT2D eigenvalue weighted by atomic mass is 32.2. The van der Waals surface area contributed by atoms with Crippen molar-refractivity contribution in [1.29, 1.82) is 0 Å². The van der Waals surface area contributed by atoms with Gasteiger partial charge in [0, 0.05) is 50.7 Å². The Morgan fingerprint density at radius 1 is 0.871 bits per heavy atom. The van der Waals surface area contributed by atoms with Crippen molar-refractivity contribution in [1.82, 2.24) is 18.8 Å². The Labute approximate surface area is 181 Å². The molecule has 3 aromatic rings. The van der Waals surface area contributed by atoms with Gasteiger partial charge in [0.05, 0.1) is 19.1 Å². The van der Waals surface area contributed by atoms with Gasteiger partial charge >= 0.3 is 0 Å². The van der Waals surface area contributed by atoms with Gasteiger partial charge in [-0.05, 0) is 31.2 Å². The maximum Gasteiger partial charge on any atom is 0.243 e. The number of piperazine rings is 1. The highest BCUT2D eigenvalue weighted by Gasteiger charge is 2.30. The number of aryl methyl sites for hydroxylation is 1. The molecule has 3 heterocycles. The Hall–Kier alpha value is -3.11. The van der Waals surface area contributed by atoms with Crippen LogP contribution in [0.25, 0.3) is 5.82 Å². The van der Waals surface area contributed by atoms with Crippen LogP contribution in [0.5, 0.6) is 11.5 Å². The molecule has 1 aromatic carbocycles.